The van der Waals surface area contributed by atoms with Crippen LogP contribution in [-0.2, 0) is 6.61 Å². The fraction of sp³-hybridized carbons (Fsp3) is 0.381. The second kappa shape index (κ2) is 9.00. The van der Waals surface area contributed by atoms with Crippen LogP contribution in [-0.4, -0.2) is 12.3 Å². The number of nitrogens with zero attached hydrogens (tertiary/aromatic N) is 1. The molecule has 0 aliphatic heterocycles. The smallest absolute Gasteiger partial charge is 0.148 e. The normalized spacial score (nSPS) is 15.6. The van der Waals surface area contributed by atoms with Crippen LogP contribution in [0.15, 0.2) is 50.3 Å². The average molecular weight is 465 g/mol. The summed E-state index contributed by atoms with van der Waals surface area (Å²) in [5.41, 5.74) is 3.51. The van der Waals surface area contributed by atoms with Gasteiger partial charge in [-0.25, -0.2) is 0 Å². The highest BCUT2D eigenvalue weighted by Gasteiger charge is 2.12. The molecule has 25 heavy (non-hydrogen) atoms. The zero-order chi connectivity index (χ0) is 17.6. The van der Waals surface area contributed by atoms with E-state index in [1.165, 1.54) is 37.7 Å². The SMILES string of the molecule is Cc1ccc(COc2c(Br)cc(/C=N/C3CCCCC3)cc2Br)cc1. The topological polar surface area (TPSA) is 21.6 Å². The quantitative estimate of drug-likeness (QED) is 0.443. The van der Waals surface area contributed by atoms with E-state index in [1.807, 2.05) is 6.21 Å². The summed E-state index contributed by atoms with van der Waals surface area (Å²) in [6.07, 6.45) is 8.40. The monoisotopic (exact) mass is 463 g/mol. The summed E-state index contributed by atoms with van der Waals surface area (Å²) in [6, 6.07) is 13.0. The van der Waals surface area contributed by atoms with Gasteiger partial charge >= 0.3 is 0 Å². The molecule has 2 aromatic carbocycles. The van der Waals surface area contributed by atoms with Crippen LogP contribution in [0.1, 0.15) is 48.8 Å². The molecule has 0 amide bonds. The molecule has 0 N–H and O–H groups in total. The third kappa shape index (κ3) is 5.42. The van der Waals surface area contributed by atoms with E-state index >= 15 is 0 Å². The summed E-state index contributed by atoms with van der Waals surface area (Å²) in [5, 5.41) is 0. The predicted molar refractivity (Wildman–Crippen MR) is 112 cm³/mol. The van der Waals surface area contributed by atoms with Gasteiger partial charge in [-0.05, 0) is 74.9 Å². The third-order valence-corrected chi connectivity index (χ3v) is 5.71. The zero-order valence-electron chi connectivity index (χ0n) is 14.5. The number of benzene rings is 2. The van der Waals surface area contributed by atoms with Gasteiger partial charge < -0.3 is 4.74 Å². The molecule has 0 aromatic heterocycles. The number of aliphatic imine (C=N–C) groups is 1. The van der Waals surface area contributed by atoms with Gasteiger partial charge in [0.1, 0.15) is 12.4 Å². The number of rotatable bonds is 5. The van der Waals surface area contributed by atoms with E-state index in [0.29, 0.717) is 12.6 Å². The minimum absolute atomic E-state index is 0.490. The molecule has 1 aliphatic carbocycles. The summed E-state index contributed by atoms with van der Waals surface area (Å²) < 4.78 is 7.89. The van der Waals surface area contributed by atoms with Gasteiger partial charge in [0, 0.05) is 12.3 Å². The van der Waals surface area contributed by atoms with Gasteiger partial charge in [0.25, 0.3) is 0 Å². The number of ether oxygens (including phenoxy) is 1. The molecule has 132 valence electrons. The van der Waals surface area contributed by atoms with Crippen LogP contribution in [0.5, 0.6) is 5.75 Å². The zero-order valence-corrected chi connectivity index (χ0v) is 17.6. The third-order valence-electron chi connectivity index (χ3n) is 4.53. The maximum absolute atomic E-state index is 6.00. The molecule has 0 atom stereocenters. The van der Waals surface area contributed by atoms with Crippen molar-refractivity contribution in [1.29, 1.82) is 0 Å². The minimum Gasteiger partial charge on any atom is -0.487 e. The largest absolute Gasteiger partial charge is 0.487 e. The Balaban J connectivity index is 1.67. The molecule has 4 heteroatoms. The molecule has 0 radical (unpaired) electrons. The molecule has 1 saturated carbocycles. The van der Waals surface area contributed by atoms with E-state index in [2.05, 4.69) is 75.2 Å². The van der Waals surface area contributed by atoms with Crippen molar-refractivity contribution in [1.82, 2.24) is 0 Å². The first kappa shape index (κ1) is 18.7. The molecule has 1 fully saturated rings. The minimum atomic E-state index is 0.490. The number of aryl methyl sites for hydroxylation is 1. The number of hydrogen-bond donors (Lipinski definition) is 0. The first-order valence-corrected chi connectivity index (χ1v) is 10.4. The van der Waals surface area contributed by atoms with Crippen molar-refractivity contribution < 1.29 is 4.74 Å². The van der Waals surface area contributed by atoms with E-state index < -0.39 is 0 Å². The van der Waals surface area contributed by atoms with Crippen LogP contribution >= 0.6 is 31.9 Å². The van der Waals surface area contributed by atoms with E-state index in [9.17, 15) is 0 Å². The second-order valence-electron chi connectivity index (χ2n) is 6.66. The van der Waals surface area contributed by atoms with Crippen molar-refractivity contribution in [3.05, 3.63) is 62.0 Å². The lowest BCUT2D eigenvalue weighted by molar-refractivity contribution is 0.302. The molecule has 2 aromatic rings. The molecule has 0 bridgehead atoms. The first-order chi connectivity index (χ1) is 12.1. The molecular formula is C21H23Br2NO. The Labute approximate surface area is 167 Å². The Morgan fingerprint density at radius 3 is 2.32 bits per heavy atom. The van der Waals surface area contributed by atoms with E-state index in [-0.39, 0.29) is 0 Å². The number of hydrogen-bond acceptors (Lipinski definition) is 2. The summed E-state index contributed by atoms with van der Waals surface area (Å²) >= 11 is 7.26. The van der Waals surface area contributed by atoms with E-state index in [4.69, 9.17) is 9.73 Å². The Kier molecular flexibility index (Phi) is 6.71. The molecule has 0 heterocycles. The van der Waals surface area contributed by atoms with Crippen LogP contribution < -0.4 is 4.74 Å². The lowest BCUT2D eigenvalue weighted by Crippen LogP contribution is -2.09. The Morgan fingerprint density at radius 2 is 1.68 bits per heavy atom. The summed E-state index contributed by atoms with van der Waals surface area (Å²) in [5.74, 6) is 0.829. The number of halogens is 2. The van der Waals surface area contributed by atoms with Gasteiger partial charge in [0.05, 0.1) is 8.95 Å². The Morgan fingerprint density at radius 1 is 1.04 bits per heavy atom. The standard InChI is InChI=1S/C21H23Br2NO/c1-15-7-9-16(10-8-15)14-25-21-19(22)11-17(12-20(21)23)13-24-18-5-3-2-4-6-18/h7-13,18H,2-6,14H2,1H3/b24-13+. The molecule has 0 saturated heterocycles. The van der Waals surface area contributed by atoms with Gasteiger partial charge in [-0.15, -0.1) is 0 Å². The van der Waals surface area contributed by atoms with Crippen LogP contribution in [0.25, 0.3) is 0 Å². The van der Waals surface area contributed by atoms with Gasteiger partial charge in [0.2, 0.25) is 0 Å². The van der Waals surface area contributed by atoms with Crippen LogP contribution in [0.4, 0.5) is 0 Å². The lowest BCUT2D eigenvalue weighted by Gasteiger charge is -2.17. The van der Waals surface area contributed by atoms with E-state index in [1.54, 1.807) is 0 Å². The first-order valence-electron chi connectivity index (χ1n) is 8.82. The molecule has 2 nitrogen and oxygen atoms in total. The van der Waals surface area contributed by atoms with Crippen molar-refractivity contribution in [2.24, 2.45) is 4.99 Å². The van der Waals surface area contributed by atoms with Crippen molar-refractivity contribution in [3.8, 4) is 5.75 Å². The van der Waals surface area contributed by atoms with Crippen molar-refractivity contribution in [3.63, 3.8) is 0 Å². The molecule has 3 rings (SSSR count). The van der Waals surface area contributed by atoms with Crippen molar-refractivity contribution in [2.45, 2.75) is 51.7 Å². The molecule has 1 aliphatic rings. The van der Waals surface area contributed by atoms with Gasteiger partial charge in [-0.1, -0.05) is 49.1 Å². The fourth-order valence-electron chi connectivity index (χ4n) is 3.05. The predicted octanol–water partition coefficient (Wildman–Crippen LogP) is 6.85. The highest BCUT2D eigenvalue weighted by atomic mass is 79.9. The summed E-state index contributed by atoms with van der Waals surface area (Å²) in [7, 11) is 0. The Hall–Kier alpha value is -1.13. The fourth-order valence-corrected chi connectivity index (χ4v) is 4.50. The molecular weight excluding hydrogens is 442 g/mol. The lowest BCUT2D eigenvalue weighted by atomic mass is 9.96. The molecule has 0 spiro atoms. The van der Waals surface area contributed by atoms with Gasteiger partial charge in [0.15, 0.2) is 0 Å². The van der Waals surface area contributed by atoms with Crippen LogP contribution in [0, 0.1) is 6.92 Å². The van der Waals surface area contributed by atoms with Crippen LogP contribution in [0.2, 0.25) is 0 Å². The maximum Gasteiger partial charge on any atom is 0.148 e. The summed E-state index contributed by atoms with van der Waals surface area (Å²) in [4.78, 5) is 4.76. The Bertz CT molecular complexity index is 711. The maximum atomic E-state index is 6.00. The van der Waals surface area contributed by atoms with E-state index in [0.717, 1.165) is 25.8 Å². The van der Waals surface area contributed by atoms with Crippen LogP contribution in [0.3, 0.4) is 0 Å². The van der Waals surface area contributed by atoms with Crippen molar-refractivity contribution in [2.75, 3.05) is 0 Å². The summed E-state index contributed by atoms with van der Waals surface area (Å²) in [6.45, 7) is 2.64. The average Bonchev–Trinajstić information content (AvgIpc) is 2.62. The van der Waals surface area contributed by atoms with Gasteiger partial charge in [-0.2, -0.15) is 0 Å². The highest BCUT2D eigenvalue weighted by Crippen LogP contribution is 2.35. The van der Waals surface area contributed by atoms with Crippen molar-refractivity contribution >= 4 is 38.1 Å². The molecule has 0 unspecified atom stereocenters. The second-order valence-corrected chi connectivity index (χ2v) is 8.37. The highest BCUT2D eigenvalue weighted by molar-refractivity contribution is 9.11. The van der Waals surface area contributed by atoms with Gasteiger partial charge in [-0.3, -0.25) is 4.99 Å².